The number of nitrogens with one attached hydrogen (secondary N) is 1. The van der Waals surface area contributed by atoms with Crippen molar-refractivity contribution in [1.29, 1.82) is 0 Å². The zero-order valence-corrected chi connectivity index (χ0v) is 16.6. The molecular formula is C23H28N2O3. The van der Waals surface area contributed by atoms with Gasteiger partial charge in [0, 0.05) is 13.1 Å². The number of carbonyl (C=O) groups is 2. The van der Waals surface area contributed by atoms with Crippen LogP contribution in [-0.4, -0.2) is 36.0 Å². The summed E-state index contributed by atoms with van der Waals surface area (Å²) in [6.07, 6.45) is 1.20. The first-order chi connectivity index (χ1) is 13.6. The fourth-order valence-electron chi connectivity index (χ4n) is 3.47. The number of rotatable bonds is 7. The van der Waals surface area contributed by atoms with E-state index in [0.29, 0.717) is 13.1 Å². The van der Waals surface area contributed by atoms with E-state index in [-0.39, 0.29) is 18.4 Å². The van der Waals surface area contributed by atoms with E-state index in [4.69, 9.17) is 4.74 Å². The van der Waals surface area contributed by atoms with Crippen molar-refractivity contribution in [1.82, 2.24) is 10.2 Å². The van der Waals surface area contributed by atoms with Gasteiger partial charge in [-0.3, -0.25) is 9.59 Å². The molecule has 0 unspecified atom stereocenters. The molecule has 148 valence electrons. The van der Waals surface area contributed by atoms with Crippen LogP contribution in [0.25, 0.3) is 0 Å². The number of aryl methyl sites for hydroxylation is 1. The Labute approximate surface area is 166 Å². The van der Waals surface area contributed by atoms with E-state index in [1.54, 1.807) is 0 Å². The van der Waals surface area contributed by atoms with Gasteiger partial charge in [0.05, 0.1) is 6.04 Å². The van der Waals surface area contributed by atoms with E-state index in [2.05, 4.69) is 31.3 Å². The number of hydrogen-bond acceptors (Lipinski definition) is 3. The van der Waals surface area contributed by atoms with E-state index in [0.717, 1.165) is 29.5 Å². The van der Waals surface area contributed by atoms with Gasteiger partial charge in [0.15, 0.2) is 6.10 Å². The Morgan fingerprint density at radius 2 is 1.86 bits per heavy atom. The standard InChI is InChI=1S/C23H28N2O3/c1-3-4-14-25(15-19-13-9-8-10-17(19)2)23(27)22-21(24-20(26)16-28-22)18-11-6-5-7-12-18/h5-13,21-22H,3-4,14-16H2,1-2H3,(H,24,26)/t21-,22+/m1/s1. The first kappa shape index (κ1) is 20.1. The normalized spacial score (nSPS) is 19.1. The highest BCUT2D eigenvalue weighted by atomic mass is 16.5. The third kappa shape index (κ3) is 4.78. The summed E-state index contributed by atoms with van der Waals surface area (Å²) in [5.41, 5.74) is 3.16. The molecule has 5 nitrogen and oxygen atoms in total. The number of carbonyl (C=O) groups excluding carboxylic acids is 2. The summed E-state index contributed by atoms with van der Waals surface area (Å²) in [7, 11) is 0. The van der Waals surface area contributed by atoms with Gasteiger partial charge < -0.3 is 15.0 Å². The van der Waals surface area contributed by atoms with Crippen LogP contribution in [0.15, 0.2) is 54.6 Å². The summed E-state index contributed by atoms with van der Waals surface area (Å²) in [5, 5.41) is 2.94. The molecule has 1 saturated heterocycles. The predicted octanol–water partition coefficient (Wildman–Crippen LogP) is 3.38. The zero-order valence-electron chi connectivity index (χ0n) is 16.6. The number of morpholine rings is 1. The lowest BCUT2D eigenvalue weighted by molar-refractivity contribution is -0.155. The van der Waals surface area contributed by atoms with Crippen molar-refractivity contribution in [2.75, 3.05) is 13.2 Å². The highest BCUT2D eigenvalue weighted by Crippen LogP contribution is 2.25. The van der Waals surface area contributed by atoms with Crippen molar-refractivity contribution in [3.63, 3.8) is 0 Å². The maximum absolute atomic E-state index is 13.5. The summed E-state index contributed by atoms with van der Waals surface area (Å²) in [4.78, 5) is 27.3. The molecule has 3 rings (SSSR count). The van der Waals surface area contributed by atoms with Crippen LogP contribution in [-0.2, 0) is 20.9 Å². The lowest BCUT2D eigenvalue weighted by Gasteiger charge is -2.35. The molecule has 0 bridgehead atoms. The largest absolute Gasteiger partial charge is 0.356 e. The average Bonchev–Trinajstić information content (AvgIpc) is 2.72. The number of amides is 2. The molecule has 0 aliphatic carbocycles. The molecule has 2 aromatic carbocycles. The Bertz CT molecular complexity index is 807. The van der Waals surface area contributed by atoms with Gasteiger partial charge in [-0.15, -0.1) is 0 Å². The van der Waals surface area contributed by atoms with Crippen LogP contribution in [0, 0.1) is 6.92 Å². The highest BCUT2D eigenvalue weighted by molar-refractivity contribution is 5.86. The fourth-order valence-corrected chi connectivity index (χ4v) is 3.47. The summed E-state index contributed by atoms with van der Waals surface area (Å²) < 4.78 is 5.74. The molecule has 2 aromatic rings. The second kappa shape index (κ2) is 9.51. The Hall–Kier alpha value is -2.66. The van der Waals surface area contributed by atoms with Gasteiger partial charge >= 0.3 is 0 Å². The Balaban J connectivity index is 1.85. The highest BCUT2D eigenvalue weighted by Gasteiger charge is 2.38. The molecule has 5 heteroatoms. The van der Waals surface area contributed by atoms with Gasteiger partial charge in [0.2, 0.25) is 5.91 Å². The summed E-state index contributed by atoms with van der Waals surface area (Å²) in [6.45, 7) is 5.29. The Kier molecular flexibility index (Phi) is 6.82. The molecule has 28 heavy (non-hydrogen) atoms. The van der Waals surface area contributed by atoms with Crippen LogP contribution < -0.4 is 5.32 Å². The number of nitrogens with zero attached hydrogens (tertiary/aromatic N) is 1. The van der Waals surface area contributed by atoms with Gasteiger partial charge in [-0.1, -0.05) is 67.9 Å². The van der Waals surface area contributed by atoms with Crippen molar-refractivity contribution in [2.24, 2.45) is 0 Å². The molecule has 1 aliphatic heterocycles. The monoisotopic (exact) mass is 380 g/mol. The third-order valence-corrected chi connectivity index (χ3v) is 5.13. The molecule has 2 atom stereocenters. The van der Waals surface area contributed by atoms with Gasteiger partial charge in [-0.2, -0.15) is 0 Å². The number of ether oxygens (including phenoxy) is 1. The van der Waals surface area contributed by atoms with Crippen LogP contribution in [0.1, 0.15) is 42.5 Å². The van der Waals surface area contributed by atoms with Crippen LogP contribution >= 0.6 is 0 Å². The minimum absolute atomic E-state index is 0.0782. The van der Waals surface area contributed by atoms with Gasteiger partial charge in [0.25, 0.3) is 5.91 Å². The van der Waals surface area contributed by atoms with Crippen molar-refractivity contribution < 1.29 is 14.3 Å². The topological polar surface area (TPSA) is 58.6 Å². The fraction of sp³-hybridized carbons (Fsp3) is 0.391. The quantitative estimate of drug-likeness (QED) is 0.801. The smallest absolute Gasteiger partial charge is 0.254 e. The summed E-state index contributed by atoms with van der Waals surface area (Å²) >= 11 is 0. The number of unbranched alkanes of at least 4 members (excludes halogenated alkanes) is 1. The van der Waals surface area contributed by atoms with Crippen molar-refractivity contribution in [3.05, 3.63) is 71.3 Å². The molecule has 0 spiro atoms. The molecule has 0 aromatic heterocycles. The third-order valence-electron chi connectivity index (χ3n) is 5.13. The van der Waals surface area contributed by atoms with E-state index in [9.17, 15) is 9.59 Å². The first-order valence-corrected chi connectivity index (χ1v) is 9.89. The molecule has 1 aliphatic rings. The number of hydrogen-bond donors (Lipinski definition) is 1. The first-order valence-electron chi connectivity index (χ1n) is 9.89. The van der Waals surface area contributed by atoms with Crippen molar-refractivity contribution in [3.8, 4) is 0 Å². The van der Waals surface area contributed by atoms with E-state index in [1.807, 2.05) is 47.4 Å². The van der Waals surface area contributed by atoms with E-state index in [1.165, 1.54) is 0 Å². The maximum atomic E-state index is 13.5. The lowest BCUT2D eigenvalue weighted by atomic mass is 9.98. The van der Waals surface area contributed by atoms with Gasteiger partial charge in [0.1, 0.15) is 6.61 Å². The minimum Gasteiger partial charge on any atom is -0.356 e. The molecule has 1 fully saturated rings. The maximum Gasteiger partial charge on any atom is 0.254 e. The van der Waals surface area contributed by atoms with Crippen molar-refractivity contribution in [2.45, 2.75) is 45.4 Å². The van der Waals surface area contributed by atoms with Crippen LogP contribution in [0.3, 0.4) is 0 Å². The van der Waals surface area contributed by atoms with Crippen LogP contribution in [0.5, 0.6) is 0 Å². The SMILES string of the molecule is CCCCN(Cc1ccccc1C)C(=O)[C@H]1OCC(=O)N[C@@H]1c1ccccc1. The minimum atomic E-state index is -0.721. The van der Waals surface area contributed by atoms with Gasteiger partial charge in [-0.25, -0.2) is 0 Å². The second-order valence-electron chi connectivity index (χ2n) is 7.23. The Morgan fingerprint density at radius 3 is 2.57 bits per heavy atom. The van der Waals surface area contributed by atoms with E-state index >= 15 is 0 Å². The lowest BCUT2D eigenvalue weighted by Crippen LogP contribution is -2.53. The summed E-state index contributed by atoms with van der Waals surface area (Å²) in [5.74, 6) is -0.275. The molecule has 1 N–H and O–H groups in total. The number of benzene rings is 2. The van der Waals surface area contributed by atoms with Gasteiger partial charge in [-0.05, 0) is 30.0 Å². The second-order valence-corrected chi connectivity index (χ2v) is 7.23. The molecule has 0 saturated carbocycles. The molecule has 0 radical (unpaired) electrons. The molecular weight excluding hydrogens is 352 g/mol. The predicted molar refractivity (Wildman–Crippen MR) is 109 cm³/mol. The van der Waals surface area contributed by atoms with Crippen molar-refractivity contribution >= 4 is 11.8 Å². The molecule has 1 heterocycles. The Morgan fingerprint density at radius 1 is 1.14 bits per heavy atom. The summed E-state index contributed by atoms with van der Waals surface area (Å²) in [6, 6.07) is 17.2. The average molecular weight is 380 g/mol. The van der Waals surface area contributed by atoms with E-state index < -0.39 is 12.1 Å². The van der Waals surface area contributed by atoms with Crippen LogP contribution in [0.2, 0.25) is 0 Å². The van der Waals surface area contributed by atoms with Crippen LogP contribution in [0.4, 0.5) is 0 Å². The zero-order chi connectivity index (χ0) is 19.9. The molecule has 2 amide bonds.